The first-order chi connectivity index (χ1) is 13.3. The van der Waals surface area contributed by atoms with Crippen LogP contribution in [0.1, 0.15) is 21.5 Å². The molecule has 5 nitrogen and oxygen atoms in total. The van der Waals surface area contributed by atoms with Gasteiger partial charge in [0, 0.05) is 17.8 Å². The third-order valence-corrected chi connectivity index (χ3v) is 4.15. The van der Waals surface area contributed by atoms with Crippen LogP contribution in [0, 0.1) is 0 Å². The van der Waals surface area contributed by atoms with Gasteiger partial charge in [-0.3, -0.25) is 4.98 Å². The van der Waals surface area contributed by atoms with Crippen molar-refractivity contribution in [2.45, 2.75) is 13.2 Å². The minimum atomic E-state index is -0.405. The maximum atomic E-state index is 12.3. The summed E-state index contributed by atoms with van der Waals surface area (Å²) in [6.07, 6.45) is 4.90. The molecule has 0 fully saturated rings. The molecule has 0 spiro atoms. The Kier molecular flexibility index (Phi) is 4.83. The lowest BCUT2D eigenvalue weighted by Gasteiger charge is -2.08. The van der Waals surface area contributed by atoms with E-state index in [-0.39, 0.29) is 6.61 Å². The number of ether oxygens (including phenoxy) is 2. The first-order valence-electron chi connectivity index (χ1n) is 8.53. The van der Waals surface area contributed by atoms with Gasteiger partial charge in [0.1, 0.15) is 36.4 Å². The Morgan fingerprint density at radius 3 is 2.44 bits per heavy atom. The number of fused-ring (bicyclic) bond motifs is 1. The van der Waals surface area contributed by atoms with Crippen molar-refractivity contribution in [3.63, 3.8) is 0 Å². The smallest absolute Gasteiger partial charge is 0.342 e. The molecule has 2 heterocycles. The monoisotopic (exact) mass is 359 g/mol. The van der Waals surface area contributed by atoms with E-state index in [1.165, 1.54) is 6.26 Å². The minimum absolute atomic E-state index is 0.184. The zero-order valence-electron chi connectivity index (χ0n) is 14.5. The number of nitrogens with zero attached hydrogens (tertiary/aromatic N) is 1. The average Bonchev–Trinajstić information content (AvgIpc) is 3.16. The Labute approximate surface area is 156 Å². The molecule has 134 valence electrons. The van der Waals surface area contributed by atoms with E-state index in [0.29, 0.717) is 17.8 Å². The summed E-state index contributed by atoms with van der Waals surface area (Å²) in [4.78, 5) is 16.3. The number of rotatable bonds is 6. The predicted octanol–water partition coefficient (Wildman–Crippen LogP) is 4.76. The lowest BCUT2D eigenvalue weighted by Crippen LogP contribution is -2.04. The molecule has 0 atom stereocenters. The molecular formula is C22H17NO4. The fourth-order valence-electron chi connectivity index (χ4n) is 2.69. The van der Waals surface area contributed by atoms with Crippen LogP contribution in [0.3, 0.4) is 0 Å². The van der Waals surface area contributed by atoms with E-state index in [9.17, 15) is 4.79 Å². The van der Waals surface area contributed by atoms with Crippen molar-refractivity contribution in [2.24, 2.45) is 0 Å². The van der Waals surface area contributed by atoms with Crippen LogP contribution in [-0.2, 0) is 18.0 Å². The molecule has 0 radical (unpaired) electrons. The maximum Gasteiger partial charge on any atom is 0.342 e. The normalized spacial score (nSPS) is 10.7. The number of carbonyl (C=O) groups is 1. The van der Waals surface area contributed by atoms with E-state index >= 15 is 0 Å². The number of benzene rings is 2. The average molecular weight is 359 g/mol. The van der Waals surface area contributed by atoms with Crippen molar-refractivity contribution in [1.29, 1.82) is 0 Å². The van der Waals surface area contributed by atoms with Crippen LogP contribution in [0.2, 0.25) is 0 Å². The Bertz CT molecular complexity index is 1040. The van der Waals surface area contributed by atoms with Crippen LogP contribution in [0.25, 0.3) is 11.0 Å². The molecular weight excluding hydrogens is 342 g/mol. The predicted molar refractivity (Wildman–Crippen MR) is 100 cm³/mol. The van der Waals surface area contributed by atoms with Gasteiger partial charge in [-0.25, -0.2) is 4.79 Å². The summed E-state index contributed by atoms with van der Waals surface area (Å²) in [5, 5.41) is 0.752. The zero-order chi connectivity index (χ0) is 18.5. The first-order valence-corrected chi connectivity index (χ1v) is 8.53. The van der Waals surface area contributed by atoms with Crippen LogP contribution in [0.15, 0.2) is 83.7 Å². The third-order valence-electron chi connectivity index (χ3n) is 4.15. The van der Waals surface area contributed by atoms with Gasteiger partial charge in [-0.05, 0) is 41.5 Å². The zero-order valence-corrected chi connectivity index (χ0v) is 14.5. The molecule has 27 heavy (non-hydrogen) atoms. The van der Waals surface area contributed by atoms with E-state index in [0.717, 1.165) is 22.3 Å². The van der Waals surface area contributed by atoms with E-state index in [2.05, 4.69) is 4.98 Å². The van der Waals surface area contributed by atoms with E-state index in [1.807, 2.05) is 60.7 Å². The molecule has 0 aliphatic carbocycles. The summed E-state index contributed by atoms with van der Waals surface area (Å²) in [6.45, 7) is 0.660. The molecule has 0 N–H and O–H groups in total. The van der Waals surface area contributed by atoms with Crippen LogP contribution in [0.5, 0.6) is 5.75 Å². The SMILES string of the molecule is O=C(OCc1ccc(OCc2ccncc2)cc1)c1coc2ccccc12. The fourth-order valence-corrected chi connectivity index (χ4v) is 2.69. The maximum absolute atomic E-state index is 12.3. The van der Waals surface area contributed by atoms with E-state index in [1.54, 1.807) is 12.4 Å². The van der Waals surface area contributed by atoms with Crippen molar-refractivity contribution in [3.05, 3.63) is 96.0 Å². The highest BCUT2D eigenvalue weighted by atomic mass is 16.5. The summed E-state index contributed by atoms with van der Waals surface area (Å²) in [7, 11) is 0. The van der Waals surface area contributed by atoms with Gasteiger partial charge in [0.2, 0.25) is 0 Å². The Hall–Kier alpha value is -3.60. The number of furan rings is 1. The van der Waals surface area contributed by atoms with Crippen molar-refractivity contribution in [1.82, 2.24) is 4.98 Å². The van der Waals surface area contributed by atoms with Gasteiger partial charge < -0.3 is 13.9 Å². The number of aromatic nitrogens is 1. The van der Waals surface area contributed by atoms with Gasteiger partial charge in [0.05, 0.1) is 0 Å². The highest BCUT2D eigenvalue weighted by molar-refractivity contribution is 6.03. The van der Waals surface area contributed by atoms with Gasteiger partial charge in [-0.15, -0.1) is 0 Å². The molecule has 0 unspecified atom stereocenters. The molecule has 4 rings (SSSR count). The van der Waals surface area contributed by atoms with E-state index in [4.69, 9.17) is 13.9 Å². The Balaban J connectivity index is 1.34. The number of esters is 1. The second-order valence-electron chi connectivity index (χ2n) is 6.01. The number of para-hydroxylation sites is 1. The molecule has 0 aliphatic rings. The summed E-state index contributed by atoms with van der Waals surface area (Å²) >= 11 is 0. The number of pyridine rings is 1. The second kappa shape index (κ2) is 7.74. The van der Waals surface area contributed by atoms with Crippen molar-refractivity contribution < 1.29 is 18.7 Å². The number of hydrogen-bond donors (Lipinski definition) is 0. The Morgan fingerprint density at radius 1 is 0.889 bits per heavy atom. The molecule has 4 aromatic rings. The highest BCUT2D eigenvalue weighted by Gasteiger charge is 2.14. The van der Waals surface area contributed by atoms with E-state index < -0.39 is 5.97 Å². The molecule has 5 heteroatoms. The highest BCUT2D eigenvalue weighted by Crippen LogP contribution is 2.22. The van der Waals surface area contributed by atoms with Gasteiger partial charge in [0.15, 0.2) is 0 Å². The molecule has 0 saturated carbocycles. The molecule has 0 aliphatic heterocycles. The van der Waals surface area contributed by atoms with Gasteiger partial charge in [0.25, 0.3) is 0 Å². The fraction of sp³-hybridized carbons (Fsp3) is 0.0909. The molecule has 0 bridgehead atoms. The minimum Gasteiger partial charge on any atom is -0.489 e. The first kappa shape index (κ1) is 16.8. The van der Waals surface area contributed by atoms with Gasteiger partial charge >= 0.3 is 5.97 Å². The van der Waals surface area contributed by atoms with Crippen molar-refractivity contribution >= 4 is 16.9 Å². The summed E-state index contributed by atoms with van der Waals surface area (Å²) in [5.74, 6) is 0.348. The van der Waals surface area contributed by atoms with Crippen LogP contribution in [-0.4, -0.2) is 11.0 Å². The van der Waals surface area contributed by atoms with Gasteiger partial charge in [-0.1, -0.05) is 30.3 Å². The largest absolute Gasteiger partial charge is 0.489 e. The standard InChI is InChI=1S/C22H17NO4/c24-22(20-15-26-21-4-2-1-3-19(20)21)27-14-16-5-7-18(8-6-16)25-13-17-9-11-23-12-10-17/h1-12,15H,13-14H2. The lowest BCUT2D eigenvalue weighted by atomic mass is 10.2. The molecule has 0 saturated heterocycles. The molecule has 2 aromatic heterocycles. The third kappa shape index (κ3) is 3.98. The van der Waals surface area contributed by atoms with Crippen molar-refractivity contribution in [3.8, 4) is 5.75 Å². The van der Waals surface area contributed by atoms with Crippen LogP contribution >= 0.6 is 0 Å². The number of carbonyl (C=O) groups excluding carboxylic acids is 1. The van der Waals surface area contributed by atoms with Crippen LogP contribution in [0.4, 0.5) is 0 Å². The topological polar surface area (TPSA) is 61.6 Å². The molecule has 0 amide bonds. The lowest BCUT2D eigenvalue weighted by molar-refractivity contribution is 0.0474. The molecule has 2 aromatic carbocycles. The quantitative estimate of drug-likeness (QED) is 0.464. The summed E-state index contributed by atoms with van der Waals surface area (Å²) in [6, 6.07) is 18.7. The summed E-state index contributed by atoms with van der Waals surface area (Å²) < 4.78 is 16.5. The Morgan fingerprint density at radius 2 is 1.63 bits per heavy atom. The number of hydrogen-bond acceptors (Lipinski definition) is 5. The summed E-state index contributed by atoms with van der Waals surface area (Å²) in [5.41, 5.74) is 3.03. The van der Waals surface area contributed by atoms with Crippen molar-refractivity contribution in [2.75, 3.05) is 0 Å². The van der Waals surface area contributed by atoms with Gasteiger partial charge in [-0.2, -0.15) is 0 Å². The van der Waals surface area contributed by atoms with Crippen LogP contribution < -0.4 is 4.74 Å². The second-order valence-corrected chi connectivity index (χ2v) is 6.01.